The van der Waals surface area contributed by atoms with E-state index in [0.717, 1.165) is 17.8 Å². The van der Waals surface area contributed by atoms with Crippen molar-refractivity contribution in [1.82, 2.24) is 19.3 Å². The molecule has 0 radical (unpaired) electrons. The molecule has 5 heteroatoms. The molecule has 0 aromatic carbocycles. The third-order valence-electron chi connectivity index (χ3n) is 3.33. The molecule has 0 unspecified atom stereocenters. The van der Waals surface area contributed by atoms with Gasteiger partial charge in [-0.25, -0.2) is 4.98 Å². The second-order valence-corrected chi connectivity index (χ2v) is 4.56. The van der Waals surface area contributed by atoms with E-state index in [2.05, 4.69) is 10.1 Å². The van der Waals surface area contributed by atoms with Crippen LogP contribution in [-0.4, -0.2) is 25.1 Å². The lowest BCUT2D eigenvalue weighted by atomic mass is 10.1. The van der Waals surface area contributed by atoms with Gasteiger partial charge in [0.25, 0.3) is 0 Å². The molecule has 18 heavy (non-hydrogen) atoms. The summed E-state index contributed by atoms with van der Waals surface area (Å²) >= 11 is 0. The lowest BCUT2D eigenvalue weighted by Crippen LogP contribution is -2.08. The van der Waals surface area contributed by atoms with Crippen LogP contribution in [0, 0.1) is 13.8 Å². The predicted octanol–water partition coefficient (Wildman–Crippen LogP) is 1.59. The van der Waals surface area contributed by atoms with E-state index in [4.69, 9.17) is 0 Å². The fourth-order valence-corrected chi connectivity index (χ4v) is 2.16. The van der Waals surface area contributed by atoms with Crippen LogP contribution in [0.25, 0.3) is 0 Å². The van der Waals surface area contributed by atoms with Crippen LogP contribution in [-0.2, 0) is 20.5 Å². The summed E-state index contributed by atoms with van der Waals surface area (Å²) in [5.74, 6) is 0.597. The molecule has 0 amide bonds. The largest absolute Gasteiger partial charge is 0.332 e. The standard InChI is InChI=1S/C13H18N4O/c1-9-11(10(2)17(4)15-9)5-6-12(18)13-14-7-8-16(13)3/h7-8H,5-6H2,1-4H3. The molecule has 0 bridgehead atoms. The van der Waals surface area contributed by atoms with Crippen molar-refractivity contribution in [2.75, 3.05) is 0 Å². The van der Waals surface area contributed by atoms with Crippen LogP contribution in [0.4, 0.5) is 0 Å². The van der Waals surface area contributed by atoms with Crippen LogP contribution in [0.5, 0.6) is 0 Å². The Morgan fingerprint density at radius 3 is 2.56 bits per heavy atom. The van der Waals surface area contributed by atoms with Crippen molar-refractivity contribution >= 4 is 5.78 Å². The molecule has 0 atom stereocenters. The molecule has 0 aliphatic heterocycles. The molecular weight excluding hydrogens is 228 g/mol. The maximum atomic E-state index is 12.0. The Hall–Kier alpha value is -1.91. The number of nitrogens with zero attached hydrogens (tertiary/aromatic N) is 4. The van der Waals surface area contributed by atoms with Crippen LogP contribution in [0.2, 0.25) is 0 Å². The van der Waals surface area contributed by atoms with Gasteiger partial charge in [0, 0.05) is 38.6 Å². The lowest BCUT2D eigenvalue weighted by molar-refractivity contribution is 0.0970. The molecule has 2 aromatic heterocycles. The van der Waals surface area contributed by atoms with E-state index in [1.165, 1.54) is 5.56 Å². The molecule has 96 valence electrons. The van der Waals surface area contributed by atoms with E-state index in [0.29, 0.717) is 12.2 Å². The zero-order valence-electron chi connectivity index (χ0n) is 11.3. The van der Waals surface area contributed by atoms with E-state index in [9.17, 15) is 4.79 Å². The minimum absolute atomic E-state index is 0.0742. The summed E-state index contributed by atoms with van der Waals surface area (Å²) in [6.45, 7) is 4.01. The molecule has 0 aliphatic rings. The molecule has 0 fully saturated rings. The minimum Gasteiger partial charge on any atom is -0.332 e. The van der Waals surface area contributed by atoms with E-state index >= 15 is 0 Å². The number of Topliss-reactive ketones (excluding diaryl/α,β-unsaturated/α-hetero) is 1. The molecule has 0 saturated heterocycles. The van der Waals surface area contributed by atoms with Crippen molar-refractivity contribution in [2.45, 2.75) is 26.7 Å². The van der Waals surface area contributed by atoms with Crippen molar-refractivity contribution in [1.29, 1.82) is 0 Å². The topological polar surface area (TPSA) is 52.7 Å². The second kappa shape index (κ2) is 4.76. The molecule has 0 aliphatic carbocycles. The van der Waals surface area contributed by atoms with Gasteiger partial charge in [-0.2, -0.15) is 5.10 Å². The highest BCUT2D eigenvalue weighted by molar-refractivity contribution is 5.92. The van der Waals surface area contributed by atoms with Crippen LogP contribution >= 0.6 is 0 Å². The molecule has 0 saturated carbocycles. The van der Waals surface area contributed by atoms with Gasteiger partial charge in [0.1, 0.15) is 0 Å². The van der Waals surface area contributed by atoms with E-state index in [1.54, 1.807) is 17.0 Å². The first-order valence-corrected chi connectivity index (χ1v) is 6.00. The number of hydrogen-bond donors (Lipinski definition) is 0. The second-order valence-electron chi connectivity index (χ2n) is 4.56. The van der Waals surface area contributed by atoms with Crippen molar-refractivity contribution < 1.29 is 4.79 Å². The van der Waals surface area contributed by atoms with Crippen LogP contribution in [0.15, 0.2) is 12.4 Å². The average molecular weight is 246 g/mol. The molecule has 2 aromatic rings. The van der Waals surface area contributed by atoms with E-state index in [-0.39, 0.29) is 5.78 Å². The summed E-state index contributed by atoms with van der Waals surface area (Å²) in [5.41, 5.74) is 3.29. The average Bonchev–Trinajstić information content (AvgIpc) is 2.83. The molecule has 0 N–H and O–H groups in total. The van der Waals surface area contributed by atoms with Gasteiger partial charge in [-0.1, -0.05) is 0 Å². The van der Waals surface area contributed by atoms with Crippen molar-refractivity contribution in [2.24, 2.45) is 14.1 Å². The maximum Gasteiger partial charge on any atom is 0.198 e. The number of aromatic nitrogens is 4. The molecule has 2 rings (SSSR count). The van der Waals surface area contributed by atoms with E-state index in [1.807, 2.05) is 32.6 Å². The lowest BCUT2D eigenvalue weighted by Gasteiger charge is -2.02. The summed E-state index contributed by atoms with van der Waals surface area (Å²) in [6.07, 6.45) is 4.62. The number of imidazole rings is 1. The number of hydrogen-bond acceptors (Lipinski definition) is 3. The van der Waals surface area contributed by atoms with Gasteiger partial charge in [0.2, 0.25) is 0 Å². The summed E-state index contributed by atoms with van der Waals surface area (Å²) in [7, 11) is 3.76. The fraction of sp³-hybridized carbons (Fsp3) is 0.462. The highest BCUT2D eigenvalue weighted by Gasteiger charge is 2.14. The Morgan fingerprint density at radius 2 is 2.06 bits per heavy atom. The van der Waals surface area contributed by atoms with Gasteiger partial charge in [0.05, 0.1) is 5.69 Å². The predicted molar refractivity (Wildman–Crippen MR) is 68.5 cm³/mol. The van der Waals surface area contributed by atoms with E-state index < -0.39 is 0 Å². The number of rotatable bonds is 4. The smallest absolute Gasteiger partial charge is 0.198 e. The van der Waals surface area contributed by atoms with Crippen molar-refractivity contribution in [3.63, 3.8) is 0 Å². The van der Waals surface area contributed by atoms with Crippen molar-refractivity contribution in [3.05, 3.63) is 35.2 Å². The fourth-order valence-electron chi connectivity index (χ4n) is 2.16. The highest BCUT2D eigenvalue weighted by atomic mass is 16.1. The van der Waals surface area contributed by atoms with Crippen LogP contribution in [0.3, 0.4) is 0 Å². The molecular formula is C13H18N4O. The SMILES string of the molecule is Cc1nn(C)c(C)c1CCC(=O)c1nccn1C. The Labute approximate surface area is 106 Å². The third kappa shape index (κ3) is 2.20. The summed E-state index contributed by atoms with van der Waals surface area (Å²) in [6, 6.07) is 0. The quantitative estimate of drug-likeness (QED) is 0.770. The first-order chi connectivity index (χ1) is 8.50. The number of carbonyl (C=O) groups excluding carboxylic acids is 1. The number of aryl methyl sites for hydroxylation is 3. The van der Waals surface area contributed by atoms with Crippen LogP contribution in [0.1, 0.15) is 34.0 Å². The summed E-state index contributed by atoms with van der Waals surface area (Å²) in [5, 5.41) is 4.35. The maximum absolute atomic E-state index is 12.0. The van der Waals surface area contributed by atoms with Gasteiger partial charge in [0.15, 0.2) is 11.6 Å². The zero-order valence-corrected chi connectivity index (χ0v) is 11.3. The summed E-state index contributed by atoms with van der Waals surface area (Å²) in [4.78, 5) is 16.1. The zero-order chi connectivity index (χ0) is 13.3. The van der Waals surface area contributed by atoms with Gasteiger partial charge >= 0.3 is 0 Å². The van der Waals surface area contributed by atoms with Gasteiger partial charge < -0.3 is 4.57 Å². The normalized spacial score (nSPS) is 10.9. The third-order valence-corrected chi connectivity index (χ3v) is 3.33. The Morgan fingerprint density at radius 1 is 1.33 bits per heavy atom. The van der Waals surface area contributed by atoms with Crippen molar-refractivity contribution in [3.8, 4) is 0 Å². The molecule has 2 heterocycles. The molecule has 0 spiro atoms. The summed E-state index contributed by atoms with van der Waals surface area (Å²) < 4.78 is 3.61. The number of ketones is 1. The Balaban J connectivity index is 2.09. The van der Waals surface area contributed by atoms with Gasteiger partial charge in [-0.05, 0) is 25.8 Å². The minimum atomic E-state index is 0.0742. The Kier molecular flexibility index (Phi) is 3.32. The van der Waals surface area contributed by atoms with Gasteiger partial charge in [-0.3, -0.25) is 9.48 Å². The first-order valence-electron chi connectivity index (χ1n) is 6.00. The van der Waals surface area contributed by atoms with Crippen LogP contribution < -0.4 is 0 Å². The first kappa shape index (κ1) is 12.5. The number of carbonyl (C=O) groups is 1. The van der Waals surface area contributed by atoms with Gasteiger partial charge in [-0.15, -0.1) is 0 Å². The highest BCUT2D eigenvalue weighted by Crippen LogP contribution is 2.15. The monoisotopic (exact) mass is 246 g/mol. The Bertz CT molecular complexity index is 580. The molecule has 5 nitrogen and oxygen atoms in total.